The number of esters is 1. The zero-order valence-corrected chi connectivity index (χ0v) is 23.5. The van der Waals surface area contributed by atoms with Crippen molar-refractivity contribution in [3.05, 3.63) is 108 Å². The number of likely N-dealkylation sites (tertiary alicyclic amines) is 1. The number of pyridine rings is 1. The fourth-order valence-corrected chi connectivity index (χ4v) is 6.04. The van der Waals surface area contributed by atoms with E-state index < -0.39 is 5.41 Å². The highest BCUT2D eigenvalue weighted by molar-refractivity contribution is 5.89. The van der Waals surface area contributed by atoms with Crippen LogP contribution in [0.2, 0.25) is 0 Å². The maximum Gasteiger partial charge on any atom is 0.312 e. The van der Waals surface area contributed by atoms with Crippen molar-refractivity contribution in [2.24, 2.45) is 5.41 Å². The van der Waals surface area contributed by atoms with Crippen molar-refractivity contribution in [2.75, 3.05) is 20.2 Å². The molecule has 2 N–H and O–H groups in total. The number of hydrogen-bond acceptors (Lipinski definition) is 5. The zero-order chi connectivity index (χ0) is 29.1. The molecule has 7 nitrogen and oxygen atoms in total. The molecule has 5 aromatic rings. The van der Waals surface area contributed by atoms with Crippen LogP contribution in [0.1, 0.15) is 24.0 Å². The first-order valence-corrected chi connectivity index (χ1v) is 14.2. The molecule has 0 radical (unpaired) electrons. The molecule has 1 aliphatic heterocycles. The smallest absolute Gasteiger partial charge is 0.312 e. The minimum atomic E-state index is -0.616. The van der Waals surface area contributed by atoms with Crippen LogP contribution in [0, 0.1) is 5.41 Å². The number of phenolic OH excluding ortho intramolecular Hbond substituents is 1. The minimum Gasteiger partial charge on any atom is -0.507 e. The van der Waals surface area contributed by atoms with E-state index in [1.807, 2.05) is 89.8 Å². The number of carbonyl (C=O) groups excluding carboxylic acids is 2. The van der Waals surface area contributed by atoms with E-state index in [1.165, 1.54) is 7.11 Å². The lowest BCUT2D eigenvalue weighted by Gasteiger charge is -2.40. The Bertz CT molecular complexity index is 1690. The van der Waals surface area contributed by atoms with E-state index in [0.717, 1.165) is 38.9 Å². The highest BCUT2D eigenvalue weighted by Gasteiger charge is 2.43. The lowest BCUT2D eigenvalue weighted by molar-refractivity contribution is -0.157. The molecule has 0 aliphatic carbocycles. The predicted octanol–water partition coefficient (Wildman–Crippen LogP) is 6.17. The largest absolute Gasteiger partial charge is 0.507 e. The first-order valence-electron chi connectivity index (χ1n) is 14.2. The highest BCUT2D eigenvalue weighted by Crippen LogP contribution is 2.39. The number of piperidine rings is 1. The van der Waals surface area contributed by atoms with Crippen LogP contribution in [0.5, 0.6) is 5.75 Å². The second-order valence-electron chi connectivity index (χ2n) is 11.0. The molecule has 212 valence electrons. The molecule has 3 aromatic carbocycles. The normalized spacial score (nSPS) is 14.5. The zero-order valence-electron chi connectivity index (χ0n) is 23.5. The topological polar surface area (TPSA) is 95.5 Å². The molecule has 0 bridgehead atoms. The van der Waals surface area contributed by atoms with Crippen molar-refractivity contribution in [3.63, 3.8) is 0 Å². The van der Waals surface area contributed by atoms with E-state index in [9.17, 15) is 14.7 Å². The summed E-state index contributed by atoms with van der Waals surface area (Å²) in [4.78, 5) is 35.4. The Hall–Kier alpha value is -4.91. The molecule has 1 amide bonds. The van der Waals surface area contributed by atoms with Gasteiger partial charge in [-0.3, -0.25) is 14.6 Å². The summed E-state index contributed by atoms with van der Waals surface area (Å²) in [5.41, 5.74) is 5.40. The number of aromatic nitrogens is 2. The van der Waals surface area contributed by atoms with Crippen LogP contribution in [0.4, 0.5) is 0 Å². The molecule has 42 heavy (non-hydrogen) atoms. The van der Waals surface area contributed by atoms with Crippen molar-refractivity contribution < 1.29 is 19.4 Å². The third-order valence-electron chi connectivity index (χ3n) is 8.45. The van der Waals surface area contributed by atoms with Gasteiger partial charge in [-0.1, -0.05) is 66.7 Å². The van der Waals surface area contributed by atoms with Gasteiger partial charge in [0.1, 0.15) is 5.75 Å². The molecule has 0 atom stereocenters. The number of phenols is 1. The Kier molecular flexibility index (Phi) is 7.48. The van der Waals surface area contributed by atoms with Crippen molar-refractivity contribution in [1.29, 1.82) is 0 Å². The number of nitrogens with zero attached hydrogens (tertiary/aromatic N) is 2. The molecule has 1 fully saturated rings. The number of ether oxygens (including phenoxy) is 1. The average molecular weight is 560 g/mol. The second-order valence-corrected chi connectivity index (χ2v) is 11.0. The second kappa shape index (κ2) is 11.5. The summed E-state index contributed by atoms with van der Waals surface area (Å²) in [5, 5.41) is 12.2. The van der Waals surface area contributed by atoms with Gasteiger partial charge >= 0.3 is 5.97 Å². The number of methoxy groups -OCH3 is 1. The van der Waals surface area contributed by atoms with Crippen LogP contribution in [0.15, 0.2) is 97.3 Å². The Labute approximate surface area is 244 Å². The number of aromatic hydroxyl groups is 1. The van der Waals surface area contributed by atoms with Gasteiger partial charge in [-0.05, 0) is 54.2 Å². The number of H-pyrrole nitrogens is 1. The number of rotatable bonds is 7. The van der Waals surface area contributed by atoms with Gasteiger partial charge in [-0.25, -0.2) is 0 Å². The molecular weight excluding hydrogens is 526 g/mol. The van der Waals surface area contributed by atoms with E-state index in [-0.39, 0.29) is 24.0 Å². The molecular formula is C35H33N3O4. The first kappa shape index (κ1) is 27.3. The SMILES string of the molecule is COC(=O)C1(Cc2ccccc2)CCN(C(=O)Cc2ccc(-c3cccc(-c4cc5ccncc5[nH]4)c3O)cc2)CC1. The minimum absolute atomic E-state index is 0.0408. The standard InChI is InChI=1S/C35H33N3O4/c1-42-34(41)35(22-25-6-3-2-4-7-25)15-18-38(19-16-35)32(39)20-24-10-12-26(13-11-24)28-8-5-9-29(33(28)40)30-21-27-14-17-36-23-31(27)37-30/h2-14,17,21,23,37,40H,15-16,18-20,22H2,1H3. The van der Waals surface area contributed by atoms with Crippen LogP contribution in [-0.2, 0) is 27.2 Å². The maximum atomic E-state index is 13.2. The summed E-state index contributed by atoms with van der Waals surface area (Å²) in [6.45, 7) is 1.03. The number of nitrogens with one attached hydrogen (secondary N) is 1. The summed E-state index contributed by atoms with van der Waals surface area (Å²) in [5.74, 6) is 0.0285. The number of fused-ring (bicyclic) bond motifs is 1. The lowest BCUT2D eigenvalue weighted by Crippen LogP contribution is -2.48. The number of carbonyl (C=O) groups is 2. The number of aromatic amines is 1. The Morgan fingerprint density at radius 3 is 2.38 bits per heavy atom. The predicted molar refractivity (Wildman–Crippen MR) is 163 cm³/mol. The molecule has 1 aliphatic rings. The monoisotopic (exact) mass is 559 g/mol. The van der Waals surface area contributed by atoms with Crippen molar-refractivity contribution in [1.82, 2.24) is 14.9 Å². The van der Waals surface area contributed by atoms with Gasteiger partial charge in [-0.2, -0.15) is 0 Å². The number of benzene rings is 3. The number of hydrogen-bond donors (Lipinski definition) is 2. The van der Waals surface area contributed by atoms with E-state index in [0.29, 0.717) is 37.9 Å². The van der Waals surface area contributed by atoms with Gasteiger partial charge in [0, 0.05) is 35.8 Å². The summed E-state index contributed by atoms with van der Waals surface area (Å²) < 4.78 is 5.19. The first-order chi connectivity index (χ1) is 20.5. The Morgan fingerprint density at radius 1 is 0.929 bits per heavy atom. The molecule has 0 unspecified atom stereocenters. The Balaban J connectivity index is 1.13. The summed E-state index contributed by atoms with van der Waals surface area (Å²) in [6.07, 6.45) is 5.54. The summed E-state index contributed by atoms with van der Waals surface area (Å²) >= 11 is 0. The van der Waals surface area contributed by atoms with Crippen molar-refractivity contribution in [3.8, 4) is 28.1 Å². The molecule has 0 saturated carbocycles. The molecule has 6 rings (SSSR count). The van der Waals surface area contributed by atoms with Crippen molar-refractivity contribution in [2.45, 2.75) is 25.7 Å². The van der Waals surface area contributed by atoms with Gasteiger partial charge < -0.3 is 19.7 Å². The van der Waals surface area contributed by atoms with Gasteiger partial charge in [0.2, 0.25) is 5.91 Å². The van der Waals surface area contributed by atoms with Crippen LogP contribution >= 0.6 is 0 Å². The van der Waals surface area contributed by atoms with E-state index in [2.05, 4.69) is 9.97 Å². The van der Waals surface area contributed by atoms with Crippen LogP contribution in [-0.4, -0.2) is 52.1 Å². The van der Waals surface area contributed by atoms with E-state index in [4.69, 9.17) is 4.74 Å². The third kappa shape index (κ3) is 5.38. The van der Waals surface area contributed by atoms with Crippen LogP contribution < -0.4 is 0 Å². The van der Waals surface area contributed by atoms with Crippen molar-refractivity contribution >= 4 is 22.8 Å². The van der Waals surface area contributed by atoms with Gasteiger partial charge in [-0.15, -0.1) is 0 Å². The van der Waals surface area contributed by atoms with Crippen LogP contribution in [0.3, 0.4) is 0 Å². The number of para-hydroxylation sites is 1. The maximum absolute atomic E-state index is 13.2. The highest BCUT2D eigenvalue weighted by atomic mass is 16.5. The third-order valence-corrected chi connectivity index (χ3v) is 8.45. The Morgan fingerprint density at radius 2 is 1.67 bits per heavy atom. The molecule has 0 spiro atoms. The van der Waals surface area contributed by atoms with Gasteiger partial charge in [0.15, 0.2) is 0 Å². The van der Waals surface area contributed by atoms with Crippen LogP contribution in [0.25, 0.3) is 33.3 Å². The fourth-order valence-electron chi connectivity index (χ4n) is 6.04. The summed E-state index contributed by atoms with van der Waals surface area (Å²) in [7, 11) is 1.44. The van der Waals surface area contributed by atoms with Gasteiger partial charge in [0.25, 0.3) is 0 Å². The number of amides is 1. The fraction of sp³-hybridized carbons (Fsp3) is 0.229. The average Bonchev–Trinajstić information content (AvgIpc) is 3.46. The molecule has 7 heteroatoms. The quantitative estimate of drug-likeness (QED) is 0.233. The molecule has 3 heterocycles. The van der Waals surface area contributed by atoms with Gasteiger partial charge in [0.05, 0.1) is 36.4 Å². The lowest BCUT2D eigenvalue weighted by atomic mass is 9.73. The molecule has 2 aromatic heterocycles. The van der Waals surface area contributed by atoms with E-state index >= 15 is 0 Å². The summed E-state index contributed by atoms with van der Waals surface area (Å²) in [6, 6.07) is 27.4. The van der Waals surface area contributed by atoms with E-state index in [1.54, 1.807) is 12.4 Å². The molecule has 1 saturated heterocycles.